The Morgan fingerprint density at radius 3 is 2.71 bits per heavy atom. The minimum Gasteiger partial charge on any atom is -0.480 e. The maximum absolute atomic E-state index is 12.2. The number of fused-ring (bicyclic) bond motifs is 1. The maximum atomic E-state index is 12.2. The van der Waals surface area contributed by atoms with Crippen LogP contribution in [-0.2, 0) is 16.0 Å². The van der Waals surface area contributed by atoms with E-state index < -0.39 is 12.0 Å². The Labute approximate surface area is 140 Å². The van der Waals surface area contributed by atoms with Gasteiger partial charge in [-0.15, -0.1) is 0 Å². The van der Waals surface area contributed by atoms with Gasteiger partial charge < -0.3 is 10.4 Å². The second kappa shape index (κ2) is 7.37. The predicted molar refractivity (Wildman–Crippen MR) is 87.6 cm³/mol. The number of nitrogens with one attached hydrogen (secondary N) is 1. The van der Waals surface area contributed by atoms with Crippen molar-refractivity contribution in [2.45, 2.75) is 53.0 Å². The zero-order valence-electron chi connectivity index (χ0n) is 14.4. The SMILES string of the molecule is CC[C@H](C)[C@H](NC(=O)CCc1c(C)nc2ncnn2c1C)C(=O)O. The van der Waals surface area contributed by atoms with E-state index in [9.17, 15) is 14.7 Å². The van der Waals surface area contributed by atoms with Gasteiger partial charge in [0.15, 0.2) is 0 Å². The van der Waals surface area contributed by atoms with Crippen molar-refractivity contribution in [2.24, 2.45) is 5.92 Å². The molecule has 2 rings (SSSR count). The zero-order chi connectivity index (χ0) is 17.9. The molecular weight excluding hydrogens is 310 g/mol. The summed E-state index contributed by atoms with van der Waals surface area (Å²) in [5.41, 5.74) is 2.62. The van der Waals surface area contributed by atoms with Crippen molar-refractivity contribution in [3.8, 4) is 0 Å². The van der Waals surface area contributed by atoms with E-state index >= 15 is 0 Å². The first-order valence-electron chi connectivity index (χ1n) is 8.03. The number of nitrogens with zero attached hydrogens (tertiary/aromatic N) is 4. The van der Waals surface area contributed by atoms with E-state index in [0.717, 1.165) is 17.0 Å². The first-order chi connectivity index (χ1) is 11.3. The third-order valence-corrected chi connectivity index (χ3v) is 4.39. The third kappa shape index (κ3) is 3.69. The number of aryl methyl sites for hydroxylation is 2. The summed E-state index contributed by atoms with van der Waals surface area (Å²) in [4.78, 5) is 31.9. The van der Waals surface area contributed by atoms with E-state index in [1.807, 2.05) is 27.7 Å². The molecule has 0 aromatic carbocycles. The summed E-state index contributed by atoms with van der Waals surface area (Å²) in [5, 5.41) is 16.0. The molecule has 0 saturated heterocycles. The summed E-state index contributed by atoms with van der Waals surface area (Å²) < 4.78 is 1.64. The van der Waals surface area contributed by atoms with Gasteiger partial charge >= 0.3 is 5.97 Å². The molecular formula is C16H23N5O3. The number of carboxylic acid groups (broad SMARTS) is 1. The highest BCUT2D eigenvalue weighted by Gasteiger charge is 2.25. The standard InChI is InChI=1S/C16H23N5O3/c1-5-9(2)14(15(23)24)20-13(22)7-6-12-10(3)19-16-17-8-18-21(16)11(12)4/h8-9,14H,5-7H2,1-4H3,(H,20,22)(H,23,24)/t9-,14-/m0/s1. The predicted octanol–water partition coefficient (Wildman–Crippen LogP) is 1.29. The van der Waals surface area contributed by atoms with Crippen molar-refractivity contribution in [3.63, 3.8) is 0 Å². The van der Waals surface area contributed by atoms with E-state index in [1.165, 1.54) is 6.33 Å². The topological polar surface area (TPSA) is 109 Å². The monoisotopic (exact) mass is 333 g/mol. The highest BCUT2D eigenvalue weighted by Crippen LogP contribution is 2.15. The first-order valence-corrected chi connectivity index (χ1v) is 8.03. The number of carboxylic acids is 1. The average molecular weight is 333 g/mol. The summed E-state index contributed by atoms with van der Waals surface area (Å²) in [5.74, 6) is -0.875. The van der Waals surface area contributed by atoms with Crippen LogP contribution in [0.15, 0.2) is 6.33 Å². The van der Waals surface area contributed by atoms with Crippen molar-refractivity contribution in [2.75, 3.05) is 0 Å². The molecule has 8 nitrogen and oxygen atoms in total. The second-order valence-corrected chi connectivity index (χ2v) is 6.00. The number of carbonyl (C=O) groups is 2. The Bertz CT molecular complexity index is 755. The summed E-state index contributed by atoms with van der Waals surface area (Å²) in [6.07, 6.45) is 2.79. The first kappa shape index (κ1) is 17.8. The number of amides is 1. The Balaban J connectivity index is 2.07. The molecule has 0 unspecified atom stereocenters. The summed E-state index contributed by atoms with van der Waals surface area (Å²) >= 11 is 0. The summed E-state index contributed by atoms with van der Waals surface area (Å²) in [6, 6.07) is -0.861. The van der Waals surface area contributed by atoms with Gasteiger partial charge in [0, 0.05) is 17.8 Å². The molecule has 2 aromatic heterocycles. The van der Waals surface area contributed by atoms with Crippen LogP contribution in [0.4, 0.5) is 0 Å². The fraction of sp³-hybridized carbons (Fsp3) is 0.562. The molecule has 24 heavy (non-hydrogen) atoms. The number of carbonyl (C=O) groups excluding carboxylic acids is 1. The van der Waals surface area contributed by atoms with E-state index in [2.05, 4.69) is 20.4 Å². The zero-order valence-corrected chi connectivity index (χ0v) is 14.4. The van der Waals surface area contributed by atoms with Crippen LogP contribution in [-0.4, -0.2) is 42.6 Å². The fourth-order valence-electron chi connectivity index (χ4n) is 2.68. The second-order valence-electron chi connectivity index (χ2n) is 6.00. The molecule has 2 N–H and O–H groups in total. The van der Waals surface area contributed by atoms with E-state index in [1.54, 1.807) is 4.52 Å². The third-order valence-electron chi connectivity index (χ3n) is 4.39. The summed E-state index contributed by atoms with van der Waals surface area (Å²) in [6.45, 7) is 7.49. The smallest absolute Gasteiger partial charge is 0.326 e. The number of aliphatic carboxylic acids is 1. The lowest BCUT2D eigenvalue weighted by Gasteiger charge is -2.20. The molecule has 2 aromatic rings. The molecule has 0 bridgehead atoms. The van der Waals surface area contributed by atoms with Crippen molar-refractivity contribution >= 4 is 17.7 Å². The normalized spacial score (nSPS) is 13.7. The minimum absolute atomic E-state index is 0.122. The van der Waals surface area contributed by atoms with Crippen LogP contribution in [0.2, 0.25) is 0 Å². The molecule has 0 aliphatic heterocycles. The lowest BCUT2D eigenvalue weighted by atomic mass is 9.99. The molecule has 0 saturated carbocycles. The van der Waals surface area contributed by atoms with Gasteiger partial charge in [-0.05, 0) is 31.7 Å². The van der Waals surface area contributed by atoms with Crippen molar-refractivity contribution in [1.82, 2.24) is 24.9 Å². The Hall–Kier alpha value is -2.51. The van der Waals surface area contributed by atoms with Gasteiger partial charge in [-0.1, -0.05) is 20.3 Å². The Morgan fingerprint density at radius 2 is 2.08 bits per heavy atom. The molecule has 2 atom stereocenters. The molecule has 0 aliphatic carbocycles. The van der Waals surface area contributed by atoms with Crippen molar-refractivity contribution in [3.05, 3.63) is 23.3 Å². The van der Waals surface area contributed by atoms with Crippen molar-refractivity contribution in [1.29, 1.82) is 0 Å². The highest BCUT2D eigenvalue weighted by atomic mass is 16.4. The van der Waals surface area contributed by atoms with Crippen LogP contribution in [0.5, 0.6) is 0 Å². The van der Waals surface area contributed by atoms with Gasteiger partial charge in [-0.3, -0.25) is 4.79 Å². The number of aromatic nitrogens is 4. The van der Waals surface area contributed by atoms with Gasteiger partial charge in [-0.2, -0.15) is 10.1 Å². The number of hydrogen-bond donors (Lipinski definition) is 2. The number of rotatable bonds is 7. The van der Waals surface area contributed by atoms with Crippen molar-refractivity contribution < 1.29 is 14.7 Å². The quantitative estimate of drug-likeness (QED) is 0.790. The van der Waals surface area contributed by atoms with Crippen LogP contribution in [0.25, 0.3) is 5.78 Å². The molecule has 0 fully saturated rings. The maximum Gasteiger partial charge on any atom is 0.326 e. The van der Waals surface area contributed by atoms with Crippen LogP contribution in [0, 0.1) is 19.8 Å². The molecule has 0 aliphatic rings. The van der Waals surface area contributed by atoms with E-state index in [-0.39, 0.29) is 18.2 Å². The van der Waals surface area contributed by atoms with E-state index in [0.29, 0.717) is 18.6 Å². The largest absolute Gasteiger partial charge is 0.480 e. The molecule has 0 radical (unpaired) electrons. The highest BCUT2D eigenvalue weighted by molar-refractivity contribution is 5.83. The minimum atomic E-state index is -1.00. The van der Waals surface area contributed by atoms with Gasteiger partial charge in [-0.25, -0.2) is 14.3 Å². The van der Waals surface area contributed by atoms with Crippen LogP contribution < -0.4 is 5.32 Å². The van der Waals surface area contributed by atoms with Gasteiger partial charge in [0.05, 0.1) is 0 Å². The Kier molecular flexibility index (Phi) is 5.48. The molecule has 8 heteroatoms. The van der Waals surface area contributed by atoms with Crippen LogP contribution >= 0.6 is 0 Å². The lowest BCUT2D eigenvalue weighted by molar-refractivity contribution is -0.143. The van der Waals surface area contributed by atoms with Crippen LogP contribution in [0.3, 0.4) is 0 Å². The summed E-state index contributed by atoms with van der Waals surface area (Å²) in [7, 11) is 0. The van der Waals surface area contributed by atoms with Crippen LogP contribution in [0.1, 0.15) is 43.6 Å². The fourth-order valence-corrected chi connectivity index (χ4v) is 2.68. The molecule has 130 valence electrons. The average Bonchev–Trinajstić information content (AvgIpc) is 2.99. The molecule has 1 amide bonds. The van der Waals surface area contributed by atoms with Gasteiger partial charge in [0.25, 0.3) is 5.78 Å². The Morgan fingerprint density at radius 1 is 1.38 bits per heavy atom. The number of hydrogen-bond acceptors (Lipinski definition) is 5. The molecule has 0 spiro atoms. The van der Waals surface area contributed by atoms with Gasteiger partial charge in [0.2, 0.25) is 5.91 Å². The lowest BCUT2D eigenvalue weighted by Crippen LogP contribution is -2.45. The van der Waals surface area contributed by atoms with E-state index in [4.69, 9.17) is 0 Å². The van der Waals surface area contributed by atoms with Gasteiger partial charge in [0.1, 0.15) is 12.4 Å². The molecule has 2 heterocycles.